The summed E-state index contributed by atoms with van der Waals surface area (Å²) < 4.78 is 6.28. The molecule has 0 radical (unpaired) electrons. The summed E-state index contributed by atoms with van der Waals surface area (Å²) in [6.07, 6.45) is 9.44. The predicted molar refractivity (Wildman–Crippen MR) is 165 cm³/mol. The molecule has 0 aliphatic carbocycles. The van der Waals surface area contributed by atoms with Gasteiger partial charge in [-0.15, -0.1) is 0 Å². The maximum Gasteiger partial charge on any atom is 0.321 e. The molecule has 0 bridgehead atoms. The zero-order valence-corrected chi connectivity index (χ0v) is 24.8. The summed E-state index contributed by atoms with van der Waals surface area (Å²) >= 11 is 1.43. The van der Waals surface area contributed by atoms with Crippen LogP contribution in [0.15, 0.2) is 59.9 Å². The highest BCUT2D eigenvalue weighted by molar-refractivity contribution is 7.22. The lowest BCUT2D eigenvalue weighted by molar-refractivity contribution is -0.156. The van der Waals surface area contributed by atoms with Crippen LogP contribution in [0.25, 0.3) is 27.0 Å². The van der Waals surface area contributed by atoms with Gasteiger partial charge in [0, 0.05) is 43.5 Å². The number of allylic oxidation sites excluding steroid dienone is 2. The van der Waals surface area contributed by atoms with Crippen molar-refractivity contribution in [3.8, 4) is 11.3 Å². The summed E-state index contributed by atoms with van der Waals surface area (Å²) in [4.78, 5) is 41.2. The average Bonchev–Trinajstić information content (AvgIpc) is 3.27. The number of hydrogen-bond donors (Lipinski definition) is 2. The number of hydrogen-bond acceptors (Lipinski definition) is 8. The Kier molecular flexibility index (Phi) is 8.49. The molecular weight excluding hydrogens is 536 g/mol. The fourth-order valence-corrected chi connectivity index (χ4v) is 6.14. The number of ether oxygens (including phenoxy) is 1. The molecule has 10 heteroatoms. The third-order valence-corrected chi connectivity index (χ3v) is 8.61. The van der Waals surface area contributed by atoms with Gasteiger partial charge in [-0.3, -0.25) is 15.1 Å². The van der Waals surface area contributed by atoms with Crippen LogP contribution in [0.1, 0.15) is 46.1 Å². The Balaban J connectivity index is 1.46. The van der Waals surface area contributed by atoms with Gasteiger partial charge in [0.1, 0.15) is 5.84 Å². The lowest BCUT2D eigenvalue weighted by Gasteiger charge is -2.39. The van der Waals surface area contributed by atoms with E-state index in [0.29, 0.717) is 18.3 Å². The SMILES string of the molecule is CCNC(=O)Nc1nc2cc(C3=CN=C(N4CCC(C)(C(=O)OCC)CC4)C(C)C=C3)cc(-c3ccccn3)c2s1. The first-order valence-corrected chi connectivity index (χ1v) is 14.9. The van der Waals surface area contributed by atoms with Gasteiger partial charge in [0.15, 0.2) is 5.13 Å². The molecule has 2 N–H and O–H groups in total. The predicted octanol–water partition coefficient (Wildman–Crippen LogP) is 6.11. The molecule has 1 fully saturated rings. The molecule has 2 amide bonds. The lowest BCUT2D eigenvalue weighted by Crippen LogP contribution is -2.47. The number of aromatic nitrogens is 2. The molecule has 0 spiro atoms. The topological polar surface area (TPSA) is 109 Å². The Morgan fingerprint density at radius 3 is 2.71 bits per heavy atom. The number of nitrogens with zero attached hydrogens (tertiary/aromatic N) is 4. The van der Waals surface area contributed by atoms with Crippen molar-refractivity contribution in [2.75, 3.05) is 31.6 Å². The minimum Gasteiger partial charge on any atom is -0.466 e. The summed E-state index contributed by atoms with van der Waals surface area (Å²) in [6.45, 7) is 10.3. The third kappa shape index (κ3) is 6.17. The number of thiazole rings is 1. The first-order chi connectivity index (χ1) is 19.8. The number of carbonyl (C=O) groups is 2. The Morgan fingerprint density at radius 1 is 1.20 bits per heavy atom. The second-order valence-corrected chi connectivity index (χ2v) is 11.6. The molecule has 1 saturated heterocycles. The monoisotopic (exact) mass is 572 g/mol. The summed E-state index contributed by atoms with van der Waals surface area (Å²) in [7, 11) is 0. The van der Waals surface area contributed by atoms with Crippen LogP contribution in [0.5, 0.6) is 0 Å². The molecule has 2 aliphatic heterocycles. The Morgan fingerprint density at radius 2 is 2.00 bits per heavy atom. The van der Waals surface area contributed by atoms with Crippen molar-refractivity contribution >= 4 is 50.1 Å². The van der Waals surface area contributed by atoms with Gasteiger partial charge < -0.3 is 15.0 Å². The van der Waals surface area contributed by atoms with E-state index in [4.69, 9.17) is 14.7 Å². The van der Waals surface area contributed by atoms with E-state index >= 15 is 0 Å². The van der Waals surface area contributed by atoms with Gasteiger partial charge in [-0.25, -0.2) is 14.8 Å². The number of aliphatic imine (C=N–C) groups is 1. The van der Waals surface area contributed by atoms with Crippen LogP contribution < -0.4 is 10.6 Å². The minimum atomic E-state index is -0.451. The molecule has 41 heavy (non-hydrogen) atoms. The van der Waals surface area contributed by atoms with E-state index < -0.39 is 5.41 Å². The van der Waals surface area contributed by atoms with Crippen LogP contribution in [0, 0.1) is 11.3 Å². The smallest absolute Gasteiger partial charge is 0.321 e. The van der Waals surface area contributed by atoms with Crippen LogP contribution in [-0.4, -0.2) is 58.9 Å². The molecule has 3 aromatic rings. The molecule has 1 aromatic carbocycles. The van der Waals surface area contributed by atoms with Crippen LogP contribution >= 0.6 is 11.3 Å². The van der Waals surface area contributed by atoms with E-state index in [1.807, 2.05) is 51.2 Å². The van der Waals surface area contributed by atoms with E-state index in [1.165, 1.54) is 11.3 Å². The van der Waals surface area contributed by atoms with E-state index in [-0.39, 0.29) is 17.9 Å². The molecule has 0 saturated carbocycles. The zero-order chi connectivity index (χ0) is 29.0. The highest BCUT2D eigenvalue weighted by Gasteiger charge is 2.39. The zero-order valence-electron chi connectivity index (χ0n) is 23.9. The van der Waals surface area contributed by atoms with Crippen LogP contribution in [0.3, 0.4) is 0 Å². The Bertz CT molecular complexity index is 1520. The second kappa shape index (κ2) is 12.2. The van der Waals surface area contributed by atoms with Crippen molar-refractivity contribution in [2.24, 2.45) is 16.3 Å². The molecule has 2 aliphatic rings. The first kappa shape index (κ1) is 28.5. The number of nitrogens with one attached hydrogen (secondary N) is 2. The fraction of sp³-hybridized carbons (Fsp3) is 0.387. The largest absolute Gasteiger partial charge is 0.466 e. The van der Waals surface area contributed by atoms with Gasteiger partial charge in [0.05, 0.1) is 27.9 Å². The summed E-state index contributed by atoms with van der Waals surface area (Å²) in [6, 6.07) is 9.70. The number of anilines is 1. The molecular formula is C31H36N6O3S. The van der Waals surface area contributed by atoms with Crippen molar-refractivity contribution < 1.29 is 14.3 Å². The maximum absolute atomic E-state index is 12.5. The highest BCUT2D eigenvalue weighted by atomic mass is 32.1. The summed E-state index contributed by atoms with van der Waals surface area (Å²) in [5.41, 5.74) is 4.05. The number of amides is 2. The number of benzene rings is 1. The molecule has 2 aromatic heterocycles. The average molecular weight is 573 g/mol. The number of amidine groups is 1. The number of fused-ring (bicyclic) bond motifs is 1. The van der Waals surface area contributed by atoms with E-state index in [1.54, 1.807) is 6.20 Å². The second-order valence-electron chi connectivity index (χ2n) is 10.6. The minimum absolute atomic E-state index is 0.108. The Hall–Kier alpha value is -4.05. The van der Waals surface area contributed by atoms with Gasteiger partial charge in [-0.05, 0) is 69.0 Å². The number of likely N-dealkylation sites (tertiary alicyclic amines) is 1. The van der Waals surface area contributed by atoms with Gasteiger partial charge >= 0.3 is 12.0 Å². The Labute approximate surface area is 244 Å². The summed E-state index contributed by atoms with van der Waals surface area (Å²) in [5.74, 6) is 1.00. The molecule has 1 atom stereocenters. The fourth-order valence-electron chi connectivity index (χ4n) is 5.18. The first-order valence-electron chi connectivity index (χ1n) is 14.1. The van der Waals surface area contributed by atoms with Crippen LogP contribution in [-0.2, 0) is 9.53 Å². The third-order valence-electron chi connectivity index (χ3n) is 7.59. The number of piperidine rings is 1. The molecule has 4 heterocycles. The van der Waals surface area contributed by atoms with Gasteiger partial charge in [-0.2, -0.15) is 0 Å². The highest BCUT2D eigenvalue weighted by Crippen LogP contribution is 2.38. The standard InChI is InChI=1S/C31H36N6O3S/c1-5-32-29(39)36-30-35-25-18-22(17-23(26(25)41-30)24-9-7-8-14-33-24)21-11-10-20(3)27(34-19-21)37-15-12-31(4,13-16-37)28(38)40-6-2/h7-11,14,17-20H,5-6,12-13,15-16H2,1-4H3,(H2,32,35,36,39). The van der Waals surface area contributed by atoms with E-state index in [0.717, 1.165) is 64.4 Å². The van der Waals surface area contributed by atoms with E-state index in [9.17, 15) is 9.59 Å². The normalized spacial score (nSPS) is 18.3. The van der Waals surface area contributed by atoms with Crippen molar-refractivity contribution in [3.63, 3.8) is 0 Å². The molecule has 1 unspecified atom stereocenters. The molecule has 9 nitrogen and oxygen atoms in total. The van der Waals surface area contributed by atoms with Crippen molar-refractivity contribution in [3.05, 3.63) is 60.4 Å². The molecule has 5 rings (SSSR count). The number of rotatable bonds is 6. The van der Waals surface area contributed by atoms with Crippen molar-refractivity contribution in [2.45, 2.75) is 40.5 Å². The van der Waals surface area contributed by atoms with Gasteiger partial charge in [0.25, 0.3) is 0 Å². The van der Waals surface area contributed by atoms with E-state index in [2.05, 4.69) is 45.7 Å². The number of carbonyl (C=O) groups excluding carboxylic acids is 2. The quantitative estimate of drug-likeness (QED) is 0.345. The van der Waals surface area contributed by atoms with Crippen molar-refractivity contribution in [1.82, 2.24) is 20.2 Å². The van der Waals surface area contributed by atoms with Crippen molar-refractivity contribution in [1.29, 1.82) is 0 Å². The summed E-state index contributed by atoms with van der Waals surface area (Å²) in [5, 5.41) is 6.12. The van der Waals surface area contributed by atoms with Gasteiger partial charge in [0.2, 0.25) is 0 Å². The maximum atomic E-state index is 12.5. The lowest BCUT2D eigenvalue weighted by atomic mass is 9.80. The van der Waals surface area contributed by atoms with Crippen LogP contribution in [0.2, 0.25) is 0 Å². The van der Waals surface area contributed by atoms with Gasteiger partial charge in [-0.1, -0.05) is 36.5 Å². The number of pyridine rings is 1. The molecule has 214 valence electrons. The number of urea groups is 1. The van der Waals surface area contributed by atoms with Crippen LogP contribution in [0.4, 0.5) is 9.93 Å². The number of esters is 1.